The number of hydrogen-bond donors (Lipinski definition) is 0. The Morgan fingerprint density at radius 1 is 1.15 bits per heavy atom. The molecule has 0 fully saturated rings. The van der Waals surface area contributed by atoms with Gasteiger partial charge in [-0.2, -0.15) is 5.10 Å². The largest absolute Gasteiger partial charge is 0.287 e. The van der Waals surface area contributed by atoms with Crippen LogP contribution in [0.4, 0.5) is 0 Å². The third kappa shape index (κ3) is 2.07. The Morgan fingerprint density at radius 3 is 2.85 bits per heavy atom. The smallest absolute Gasteiger partial charge is 0.213 e. The maximum absolute atomic E-state index is 12.7. The summed E-state index contributed by atoms with van der Waals surface area (Å²) in [5.74, 6) is -0.0675. The van der Waals surface area contributed by atoms with Gasteiger partial charge in [0.25, 0.3) is 0 Å². The van der Waals surface area contributed by atoms with Gasteiger partial charge in [0, 0.05) is 25.1 Å². The van der Waals surface area contributed by atoms with E-state index in [-0.39, 0.29) is 5.78 Å². The van der Waals surface area contributed by atoms with Crippen molar-refractivity contribution in [2.75, 3.05) is 0 Å². The molecule has 0 amide bonds. The summed E-state index contributed by atoms with van der Waals surface area (Å²) in [6.07, 6.45) is 5.80. The van der Waals surface area contributed by atoms with Crippen molar-refractivity contribution in [3.8, 4) is 0 Å². The van der Waals surface area contributed by atoms with Crippen LogP contribution in [0.5, 0.6) is 0 Å². The summed E-state index contributed by atoms with van der Waals surface area (Å²) in [5.41, 5.74) is 2.50. The Bertz CT molecular complexity index is 758. The molecule has 2 heterocycles. The molecule has 5 heteroatoms. The number of nitrogens with zero attached hydrogens (tertiary/aromatic N) is 4. The van der Waals surface area contributed by atoms with Crippen LogP contribution in [0.15, 0.2) is 42.9 Å². The van der Waals surface area contributed by atoms with E-state index >= 15 is 0 Å². The molecule has 0 aliphatic heterocycles. The minimum absolute atomic E-state index is 0.0675. The van der Waals surface area contributed by atoms with Crippen molar-refractivity contribution >= 4 is 16.8 Å². The van der Waals surface area contributed by atoms with Crippen LogP contribution in [-0.2, 0) is 6.54 Å². The lowest BCUT2D eigenvalue weighted by atomic mass is 10.1. The van der Waals surface area contributed by atoms with Crippen LogP contribution in [-0.4, -0.2) is 25.5 Å². The Hall–Kier alpha value is -2.56. The number of carbonyl (C=O) groups excluding carboxylic acids is 1. The molecule has 0 atom stereocenters. The van der Waals surface area contributed by atoms with Gasteiger partial charge >= 0.3 is 0 Å². The van der Waals surface area contributed by atoms with Gasteiger partial charge in [0.2, 0.25) is 5.78 Å². The zero-order valence-corrected chi connectivity index (χ0v) is 11.2. The number of para-hydroxylation sites is 1. The van der Waals surface area contributed by atoms with E-state index in [9.17, 15) is 4.79 Å². The zero-order chi connectivity index (χ0) is 13.9. The predicted octanol–water partition coefficient (Wildman–Crippen LogP) is 2.47. The quantitative estimate of drug-likeness (QED) is 0.681. The summed E-state index contributed by atoms with van der Waals surface area (Å²) in [4.78, 5) is 21.2. The van der Waals surface area contributed by atoms with E-state index in [2.05, 4.69) is 22.0 Å². The number of rotatable bonds is 4. The van der Waals surface area contributed by atoms with Crippen LogP contribution < -0.4 is 0 Å². The number of benzene rings is 1. The number of hydrogen-bond acceptors (Lipinski definition) is 4. The fourth-order valence-corrected chi connectivity index (χ4v) is 2.23. The molecular formula is C15H14N4O. The average molecular weight is 266 g/mol. The molecule has 100 valence electrons. The molecule has 0 bridgehead atoms. The van der Waals surface area contributed by atoms with Gasteiger partial charge in [-0.3, -0.25) is 19.4 Å². The highest BCUT2D eigenvalue weighted by Crippen LogP contribution is 2.18. The summed E-state index contributed by atoms with van der Waals surface area (Å²) in [7, 11) is 0. The number of aryl methyl sites for hydroxylation is 1. The lowest BCUT2D eigenvalue weighted by molar-refractivity contribution is 0.103. The summed E-state index contributed by atoms with van der Waals surface area (Å²) in [5, 5.41) is 4.19. The third-order valence-electron chi connectivity index (χ3n) is 3.13. The molecule has 0 saturated carbocycles. The van der Waals surface area contributed by atoms with E-state index in [0.29, 0.717) is 16.8 Å². The summed E-state index contributed by atoms with van der Waals surface area (Å²) in [6.45, 7) is 2.78. The van der Waals surface area contributed by atoms with Crippen LogP contribution in [0.25, 0.3) is 11.0 Å². The molecule has 0 N–H and O–H groups in total. The molecule has 3 aromatic rings. The first-order valence-electron chi connectivity index (χ1n) is 6.57. The Kier molecular flexibility index (Phi) is 3.25. The van der Waals surface area contributed by atoms with Gasteiger partial charge < -0.3 is 0 Å². The second-order valence-corrected chi connectivity index (χ2v) is 4.50. The lowest BCUT2D eigenvalue weighted by Crippen LogP contribution is -2.12. The molecule has 0 unspecified atom stereocenters. The van der Waals surface area contributed by atoms with Crippen molar-refractivity contribution in [3.05, 3.63) is 54.1 Å². The number of carbonyl (C=O) groups is 1. The standard InChI is InChI=1S/C15H14N4O/c1-2-10-19-13(6-7-18-19)15(20)11-4-3-5-12-14(11)17-9-8-16-12/h3-9H,2,10H2,1H3. The molecule has 20 heavy (non-hydrogen) atoms. The Morgan fingerprint density at radius 2 is 2.00 bits per heavy atom. The van der Waals surface area contributed by atoms with E-state index in [4.69, 9.17) is 0 Å². The van der Waals surface area contributed by atoms with Gasteiger partial charge in [0.1, 0.15) is 5.69 Å². The van der Waals surface area contributed by atoms with E-state index < -0.39 is 0 Å². The summed E-state index contributed by atoms with van der Waals surface area (Å²) in [6, 6.07) is 7.20. The molecule has 3 rings (SSSR count). The molecule has 0 aliphatic rings. The van der Waals surface area contributed by atoms with Gasteiger partial charge in [0.05, 0.1) is 16.6 Å². The molecule has 0 radical (unpaired) electrons. The van der Waals surface area contributed by atoms with E-state index in [1.807, 2.05) is 12.1 Å². The second-order valence-electron chi connectivity index (χ2n) is 4.50. The normalized spacial score (nSPS) is 10.8. The van der Waals surface area contributed by atoms with E-state index in [1.165, 1.54) is 0 Å². The van der Waals surface area contributed by atoms with Crippen molar-refractivity contribution in [2.45, 2.75) is 19.9 Å². The third-order valence-corrected chi connectivity index (χ3v) is 3.13. The summed E-state index contributed by atoms with van der Waals surface area (Å²) >= 11 is 0. The Balaban J connectivity index is 2.11. The first-order chi connectivity index (χ1) is 9.81. The van der Waals surface area contributed by atoms with E-state index in [0.717, 1.165) is 18.5 Å². The molecule has 0 saturated heterocycles. The number of fused-ring (bicyclic) bond motifs is 1. The maximum Gasteiger partial charge on any atom is 0.213 e. The van der Waals surface area contributed by atoms with Crippen LogP contribution in [0.3, 0.4) is 0 Å². The minimum Gasteiger partial charge on any atom is -0.287 e. The van der Waals surface area contributed by atoms with Gasteiger partial charge in [0.15, 0.2) is 0 Å². The summed E-state index contributed by atoms with van der Waals surface area (Å²) < 4.78 is 1.73. The highest BCUT2D eigenvalue weighted by molar-refractivity contribution is 6.14. The first kappa shape index (κ1) is 12.5. The van der Waals surface area contributed by atoms with Crippen LogP contribution in [0.1, 0.15) is 29.4 Å². The first-order valence-corrected chi connectivity index (χ1v) is 6.57. The van der Waals surface area contributed by atoms with Crippen molar-refractivity contribution in [2.24, 2.45) is 0 Å². The van der Waals surface area contributed by atoms with Gasteiger partial charge in [-0.25, -0.2) is 0 Å². The fourth-order valence-electron chi connectivity index (χ4n) is 2.23. The molecule has 5 nitrogen and oxygen atoms in total. The molecular weight excluding hydrogens is 252 g/mol. The molecule has 1 aromatic carbocycles. The maximum atomic E-state index is 12.7. The van der Waals surface area contributed by atoms with Crippen molar-refractivity contribution in [3.63, 3.8) is 0 Å². The van der Waals surface area contributed by atoms with Gasteiger partial charge in [-0.05, 0) is 24.6 Å². The van der Waals surface area contributed by atoms with E-state index in [1.54, 1.807) is 35.4 Å². The highest BCUT2D eigenvalue weighted by Gasteiger charge is 2.17. The SMILES string of the molecule is CCCn1nccc1C(=O)c1cccc2nccnc12. The fraction of sp³-hybridized carbons (Fsp3) is 0.200. The molecule has 2 aromatic heterocycles. The van der Waals surface area contributed by atoms with Crippen molar-refractivity contribution in [1.29, 1.82) is 0 Å². The average Bonchev–Trinajstić information content (AvgIpc) is 2.94. The van der Waals surface area contributed by atoms with Crippen molar-refractivity contribution in [1.82, 2.24) is 19.7 Å². The van der Waals surface area contributed by atoms with Crippen LogP contribution in [0, 0.1) is 0 Å². The van der Waals surface area contributed by atoms with Crippen LogP contribution >= 0.6 is 0 Å². The van der Waals surface area contributed by atoms with Crippen LogP contribution in [0.2, 0.25) is 0 Å². The molecule has 0 spiro atoms. The van der Waals surface area contributed by atoms with Crippen molar-refractivity contribution < 1.29 is 4.79 Å². The van der Waals surface area contributed by atoms with Gasteiger partial charge in [-0.1, -0.05) is 13.0 Å². The Labute approximate surface area is 116 Å². The number of ketones is 1. The highest BCUT2D eigenvalue weighted by atomic mass is 16.1. The lowest BCUT2D eigenvalue weighted by Gasteiger charge is -2.07. The zero-order valence-electron chi connectivity index (χ0n) is 11.2. The number of aromatic nitrogens is 4. The predicted molar refractivity (Wildman–Crippen MR) is 75.5 cm³/mol. The molecule has 0 aliphatic carbocycles. The van der Waals surface area contributed by atoms with Gasteiger partial charge in [-0.15, -0.1) is 0 Å². The monoisotopic (exact) mass is 266 g/mol. The minimum atomic E-state index is -0.0675. The topological polar surface area (TPSA) is 60.7 Å². The second kappa shape index (κ2) is 5.21.